The van der Waals surface area contributed by atoms with Crippen molar-refractivity contribution in [2.45, 2.75) is 114 Å². The molecule has 5 rings (SSSR count). The Morgan fingerprint density at radius 2 is 1.90 bits per heavy atom. The monoisotopic (exact) mass is 573 g/mol. The average Bonchev–Trinajstić information content (AvgIpc) is 3.51. The summed E-state index contributed by atoms with van der Waals surface area (Å²) in [6, 6.07) is 4.12. The van der Waals surface area contributed by atoms with E-state index in [0.717, 1.165) is 66.6 Å². The van der Waals surface area contributed by atoms with Gasteiger partial charge in [0, 0.05) is 17.7 Å². The number of thioether (sulfide) groups is 1. The number of rotatable bonds is 9. The van der Waals surface area contributed by atoms with Crippen molar-refractivity contribution in [2.75, 3.05) is 19.9 Å². The molecule has 1 fully saturated rings. The van der Waals surface area contributed by atoms with Gasteiger partial charge in [0.25, 0.3) is 0 Å². The molecule has 220 valence electrons. The number of ether oxygens (including phenoxy) is 3. The maximum Gasteiger partial charge on any atom is 0.339 e. The highest BCUT2D eigenvalue weighted by Gasteiger charge is 2.57. The zero-order valence-electron chi connectivity index (χ0n) is 24.3. The second kappa shape index (κ2) is 11.0. The molecule has 1 aromatic carbocycles. The summed E-state index contributed by atoms with van der Waals surface area (Å²) in [6.07, 6.45) is 5.03. The molecule has 0 saturated carbocycles. The van der Waals surface area contributed by atoms with Crippen LogP contribution < -0.4 is 9.47 Å². The fourth-order valence-corrected chi connectivity index (χ4v) is 7.89. The molecule has 0 bridgehead atoms. The molecular weight excluding hydrogens is 530 g/mol. The normalized spacial score (nSPS) is 26.9. The second-order valence-electron chi connectivity index (χ2n) is 12.8. The van der Waals surface area contributed by atoms with Gasteiger partial charge in [-0.25, -0.2) is 4.79 Å². The topological polar surface area (TPSA) is 106 Å². The number of carbonyl (C=O) groups excluding carboxylic acids is 2. The second-order valence-corrected chi connectivity index (χ2v) is 14.5. The lowest BCUT2D eigenvalue weighted by molar-refractivity contribution is -0.173. The van der Waals surface area contributed by atoms with Crippen molar-refractivity contribution in [3.63, 3.8) is 0 Å². The molecule has 2 unspecified atom stereocenters. The zero-order valence-corrected chi connectivity index (χ0v) is 25.1. The quantitative estimate of drug-likeness (QED) is 0.326. The van der Waals surface area contributed by atoms with E-state index in [-0.39, 0.29) is 41.5 Å². The molecule has 0 amide bonds. The highest BCUT2D eigenvalue weighted by atomic mass is 32.2. The van der Waals surface area contributed by atoms with Crippen molar-refractivity contribution in [1.82, 2.24) is 4.90 Å². The van der Waals surface area contributed by atoms with Crippen LogP contribution in [0.5, 0.6) is 11.5 Å². The molecule has 4 aliphatic rings. The third-order valence-corrected chi connectivity index (χ3v) is 9.66. The summed E-state index contributed by atoms with van der Waals surface area (Å²) in [5, 5.41) is 21.7. The molecule has 40 heavy (non-hydrogen) atoms. The molecule has 1 aliphatic carbocycles. The predicted molar refractivity (Wildman–Crippen MR) is 154 cm³/mol. The Bertz CT molecular complexity index is 1190. The van der Waals surface area contributed by atoms with Crippen LogP contribution in [0, 0.1) is 0 Å². The van der Waals surface area contributed by atoms with E-state index in [4.69, 9.17) is 14.2 Å². The standard InChI is InChI=1S/C31H43NO7S/c1-19(2)40-25(33)17-31(36,11-6-9-29(4,5)35)28(34)39-27-20(3)16-30-10-7-12-32(30)13-8-21-14-23-24(38-18-37-23)15-22(21)26(27)30/h14-16,19,26-27,35-36H,6-13,17-18H2,1-5H3/t26-,27?,30?,31-/m1/s1. The lowest BCUT2D eigenvalue weighted by Gasteiger charge is -2.40. The number of fused-ring (bicyclic) bond motifs is 3. The number of carbonyl (C=O) groups is 2. The first-order valence-corrected chi connectivity index (χ1v) is 15.4. The molecule has 0 radical (unpaired) electrons. The van der Waals surface area contributed by atoms with E-state index in [1.807, 2.05) is 20.8 Å². The molecule has 9 heteroatoms. The van der Waals surface area contributed by atoms with Crippen LogP contribution in [-0.4, -0.2) is 74.2 Å². The van der Waals surface area contributed by atoms with Crippen molar-refractivity contribution in [3.8, 4) is 11.5 Å². The Balaban J connectivity index is 1.47. The molecule has 1 spiro atoms. The number of nitrogens with zero attached hydrogens (tertiary/aromatic N) is 1. The van der Waals surface area contributed by atoms with Crippen molar-refractivity contribution < 1.29 is 34.0 Å². The summed E-state index contributed by atoms with van der Waals surface area (Å²) in [4.78, 5) is 29.3. The lowest BCUT2D eigenvalue weighted by Crippen LogP contribution is -2.49. The molecule has 2 N–H and O–H groups in total. The summed E-state index contributed by atoms with van der Waals surface area (Å²) < 4.78 is 17.7. The highest BCUT2D eigenvalue weighted by molar-refractivity contribution is 8.14. The van der Waals surface area contributed by atoms with E-state index in [1.165, 1.54) is 0 Å². The van der Waals surface area contributed by atoms with Crippen LogP contribution in [0.1, 0.15) is 90.2 Å². The van der Waals surface area contributed by atoms with Gasteiger partial charge in [-0.15, -0.1) is 0 Å². The Morgan fingerprint density at radius 3 is 2.60 bits per heavy atom. The number of esters is 1. The molecular formula is C31H43NO7S. The lowest BCUT2D eigenvalue weighted by atomic mass is 9.77. The largest absolute Gasteiger partial charge is 0.455 e. The summed E-state index contributed by atoms with van der Waals surface area (Å²) in [5.74, 6) is 0.516. The fourth-order valence-electron chi connectivity index (χ4n) is 7.05. The van der Waals surface area contributed by atoms with Gasteiger partial charge in [0.05, 0.1) is 17.6 Å². The van der Waals surface area contributed by atoms with Crippen molar-refractivity contribution in [3.05, 3.63) is 34.9 Å². The van der Waals surface area contributed by atoms with Gasteiger partial charge in [-0.05, 0) is 94.7 Å². The Morgan fingerprint density at radius 1 is 1.18 bits per heavy atom. The van der Waals surface area contributed by atoms with Gasteiger partial charge >= 0.3 is 5.97 Å². The molecule has 1 saturated heterocycles. The molecule has 3 heterocycles. The van der Waals surface area contributed by atoms with Gasteiger partial charge in [-0.1, -0.05) is 31.7 Å². The van der Waals surface area contributed by atoms with E-state index in [0.29, 0.717) is 18.6 Å². The highest BCUT2D eigenvalue weighted by Crippen LogP contribution is 2.55. The minimum absolute atomic E-state index is 0.0346. The minimum atomic E-state index is -1.97. The number of hydrogen-bond donors (Lipinski definition) is 2. The van der Waals surface area contributed by atoms with Gasteiger partial charge < -0.3 is 24.4 Å². The first-order valence-electron chi connectivity index (χ1n) is 14.5. The summed E-state index contributed by atoms with van der Waals surface area (Å²) in [5.41, 5.74) is 0.0138. The maximum absolute atomic E-state index is 13.9. The minimum Gasteiger partial charge on any atom is -0.455 e. The first-order chi connectivity index (χ1) is 18.8. The van der Waals surface area contributed by atoms with Crippen LogP contribution in [0.2, 0.25) is 0 Å². The Labute approximate surface area is 241 Å². The van der Waals surface area contributed by atoms with Gasteiger partial charge in [-0.3, -0.25) is 9.69 Å². The van der Waals surface area contributed by atoms with E-state index >= 15 is 0 Å². The average molecular weight is 574 g/mol. The molecule has 8 nitrogen and oxygen atoms in total. The van der Waals surface area contributed by atoms with Crippen LogP contribution in [0.25, 0.3) is 0 Å². The fraction of sp³-hybridized carbons (Fsp3) is 0.677. The zero-order chi connectivity index (χ0) is 28.9. The van der Waals surface area contributed by atoms with Gasteiger partial charge in [0.2, 0.25) is 6.79 Å². The Hall–Kier alpha value is -2.07. The molecule has 1 aromatic rings. The Kier molecular flexibility index (Phi) is 8.07. The third-order valence-electron chi connectivity index (χ3n) is 8.78. The van der Waals surface area contributed by atoms with Gasteiger partial charge in [-0.2, -0.15) is 0 Å². The van der Waals surface area contributed by atoms with E-state index in [9.17, 15) is 19.8 Å². The van der Waals surface area contributed by atoms with Crippen molar-refractivity contribution >= 4 is 22.8 Å². The van der Waals surface area contributed by atoms with E-state index < -0.39 is 23.3 Å². The smallest absolute Gasteiger partial charge is 0.339 e. The van der Waals surface area contributed by atoms with E-state index in [2.05, 4.69) is 23.1 Å². The van der Waals surface area contributed by atoms with Crippen LogP contribution in [0.15, 0.2) is 23.8 Å². The molecule has 3 aliphatic heterocycles. The predicted octanol–water partition coefficient (Wildman–Crippen LogP) is 4.49. The summed E-state index contributed by atoms with van der Waals surface area (Å²) in [7, 11) is 0. The number of benzene rings is 1. The van der Waals surface area contributed by atoms with E-state index in [1.54, 1.807) is 13.8 Å². The maximum atomic E-state index is 13.9. The number of aliphatic hydroxyl groups is 2. The number of hydrogen-bond acceptors (Lipinski definition) is 9. The third kappa shape index (κ3) is 5.67. The van der Waals surface area contributed by atoms with Gasteiger partial charge in [0.15, 0.2) is 22.2 Å². The van der Waals surface area contributed by atoms with Crippen LogP contribution in [0.4, 0.5) is 0 Å². The molecule has 4 atom stereocenters. The molecule has 0 aromatic heterocycles. The first kappa shape index (κ1) is 29.4. The summed E-state index contributed by atoms with van der Waals surface area (Å²) >= 11 is 1.12. The van der Waals surface area contributed by atoms with Crippen LogP contribution in [0.3, 0.4) is 0 Å². The SMILES string of the molecule is CC1=CC23CCCN2CCc2cc4c(cc2[C@@H]3C1OC(=O)[C@@](O)(CCCC(C)(C)O)CC(=O)SC(C)C)OCO4. The summed E-state index contributed by atoms with van der Waals surface area (Å²) in [6.45, 7) is 11.3. The van der Waals surface area contributed by atoms with Gasteiger partial charge in [0.1, 0.15) is 6.10 Å². The van der Waals surface area contributed by atoms with Crippen molar-refractivity contribution in [2.24, 2.45) is 0 Å². The van der Waals surface area contributed by atoms with Crippen LogP contribution in [-0.2, 0) is 20.7 Å². The van der Waals surface area contributed by atoms with Crippen molar-refractivity contribution in [1.29, 1.82) is 0 Å². The van der Waals surface area contributed by atoms with Crippen LogP contribution >= 0.6 is 11.8 Å².